The van der Waals surface area contributed by atoms with Crippen LogP contribution in [0.15, 0.2) is 106 Å². The first-order valence-electron chi connectivity index (χ1n) is 29.9. The first-order chi connectivity index (χ1) is 43.3. The van der Waals surface area contributed by atoms with Gasteiger partial charge in [0.1, 0.15) is 39.9 Å². The van der Waals surface area contributed by atoms with Gasteiger partial charge in [-0.2, -0.15) is 0 Å². The molecule has 2 aliphatic heterocycles. The number of nitrogens with one attached hydrogen (secondary N) is 3. The van der Waals surface area contributed by atoms with Crippen LogP contribution in [-0.4, -0.2) is 141 Å². The van der Waals surface area contributed by atoms with Gasteiger partial charge in [0, 0.05) is 105 Å². The Bertz CT molecular complexity index is 4720. The third-order valence-electron chi connectivity index (χ3n) is 16.4. The van der Waals surface area contributed by atoms with Gasteiger partial charge in [0.05, 0.1) is 69.9 Å². The molecule has 460 valence electrons. The second-order valence-corrected chi connectivity index (χ2v) is 23.8. The minimum Gasteiger partial charge on any atom is -0.496 e. The summed E-state index contributed by atoms with van der Waals surface area (Å²) in [6.45, 7) is 20.1. The minimum atomic E-state index is -1.21. The molecular formula is C68H69N13O9. The molecule has 0 spiro atoms. The summed E-state index contributed by atoms with van der Waals surface area (Å²) in [6, 6.07) is 27.8. The van der Waals surface area contributed by atoms with E-state index in [1.54, 1.807) is 26.6 Å². The van der Waals surface area contributed by atoms with Crippen molar-refractivity contribution < 1.29 is 42.7 Å². The van der Waals surface area contributed by atoms with E-state index in [9.17, 15) is 19.5 Å². The molecule has 4 aromatic carbocycles. The van der Waals surface area contributed by atoms with Gasteiger partial charge in [0.15, 0.2) is 0 Å². The second kappa shape index (κ2) is 24.3. The fourth-order valence-corrected chi connectivity index (χ4v) is 12.2. The molecule has 2 amide bonds. The monoisotopic (exact) mass is 1210 g/mol. The molecule has 90 heavy (non-hydrogen) atoms. The number of piperazine rings is 1. The number of hydrogen-bond acceptors (Lipinski definition) is 17. The number of carbonyl (C=O) groups excluding carboxylic acids is 2. The minimum absolute atomic E-state index is 0.159. The zero-order valence-corrected chi connectivity index (χ0v) is 52.0. The number of carboxylic acids is 1. The standard InChI is InChI=1S/C31H29N7O3.C26H19N5O4.C11H21NO2/c1-16-15-38(12-11-32-16)31(39)30-35-28(20-9-10-33-23-8-6-5-7-19(20)23)27-21-14-25(40-4)22(13-24(21)34-29(27)36-30)26-17(2)37-41-18(26)3;1-12-21(13(2)35-31-12)17-10-19-16(11-20(17)34-3)22-23(29-25(26(32)33)30-24(22)28-19)15-8-9-27-18-7-5-4-6-14(15)18;1-9-7-5-6-8-12(9)10(13)14-11(2,3)4/h5-10,13-14,16,32H,11-12,15H2,1-4H3,(H,34,35,36);4-11H,1-3H3,(H,32,33)(H,28,29,30);9H,5-8H2,1-4H3/t16-;;9-/m0.0/s1. The zero-order valence-electron chi connectivity index (χ0n) is 52.0. The predicted molar refractivity (Wildman–Crippen MR) is 344 cm³/mol. The van der Waals surface area contributed by atoms with E-state index in [1.807, 2.05) is 143 Å². The van der Waals surface area contributed by atoms with Gasteiger partial charge in [-0.3, -0.25) is 14.8 Å². The summed E-state index contributed by atoms with van der Waals surface area (Å²) in [5.41, 5.74) is 11.6. The quantitative estimate of drug-likeness (QED) is 0.110. The second-order valence-electron chi connectivity index (χ2n) is 23.8. The number of carboxylic acid groups (broad SMARTS) is 1. The molecule has 0 aliphatic carbocycles. The molecular weight excluding hydrogens is 1140 g/mol. The zero-order chi connectivity index (χ0) is 63.3. The van der Waals surface area contributed by atoms with E-state index >= 15 is 0 Å². The van der Waals surface area contributed by atoms with Crippen LogP contribution < -0.4 is 14.8 Å². The lowest BCUT2D eigenvalue weighted by molar-refractivity contribution is 0.0120. The van der Waals surface area contributed by atoms with E-state index in [4.69, 9.17) is 33.2 Å². The van der Waals surface area contributed by atoms with Crippen molar-refractivity contribution in [2.24, 2.45) is 0 Å². The summed E-state index contributed by atoms with van der Waals surface area (Å²) >= 11 is 0. The number of amides is 2. The molecule has 2 saturated heterocycles. The normalized spacial score (nSPS) is 15.3. The number of rotatable bonds is 8. The fraction of sp³-hybridized carbons (Fsp3) is 0.309. The smallest absolute Gasteiger partial charge is 0.410 e. The Kier molecular flexibility index (Phi) is 16.2. The molecule has 2 aliphatic rings. The van der Waals surface area contributed by atoms with Gasteiger partial charge >= 0.3 is 12.1 Å². The maximum atomic E-state index is 13.7. The number of para-hydroxylation sites is 2. The van der Waals surface area contributed by atoms with Crippen molar-refractivity contribution in [1.29, 1.82) is 0 Å². The highest BCUT2D eigenvalue weighted by molar-refractivity contribution is 6.18. The van der Waals surface area contributed by atoms with E-state index in [0.717, 1.165) is 120 Å². The Morgan fingerprint density at radius 3 is 1.61 bits per heavy atom. The van der Waals surface area contributed by atoms with Crippen LogP contribution in [0.3, 0.4) is 0 Å². The van der Waals surface area contributed by atoms with E-state index in [0.29, 0.717) is 70.2 Å². The van der Waals surface area contributed by atoms with Crippen molar-refractivity contribution in [3.63, 3.8) is 0 Å². The number of carbonyl (C=O) groups is 3. The Morgan fingerprint density at radius 1 is 0.633 bits per heavy atom. The summed E-state index contributed by atoms with van der Waals surface area (Å²) in [7, 11) is 3.25. The highest BCUT2D eigenvalue weighted by atomic mass is 16.6. The molecule has 2 fully saturated rings. The van der Waals surface area contributed by atoms with Crippen LogP contribution in [-0.2, 0) is 4.74 Å². The van der Waals surface area contributed by atoms with Crippen molar-refractivity contribution in [2.75, 3.05) is 40.4 Å². The molecule has 12 aromatic rings. The SMILES string of the molecule is COc1cc2c(cc1-c1c(C)noc1C)[nH]c1nc(C(=O)N3CCN[C@@H](C)C3)nc(-c3ccnc4ccccc34)c12.COc1cc2c(cc1-c1c(C)noc1C)[nH]c1nc(C(=O)O)nc(-c3ccnc4ccccc34)c12.C[C@H]1CCCCN1C(=O)OC(C)(C)C. The lowest BCUT2D eigenvalue weighted by atomic mass is 9.99. The number of methoxy groups -OCH3 is 2. The number of aromatic amines is 2. The van der Waals surface area contributed by atoms with Crippen molar-refractivity contribution >= 4 is 83.6 Å². The van der Waals surface area contributed by atoms with E-state index in [-0.39, 0.29) is 35.3 Å². The topological polar surface area (TPSA) is 279 Å². The molecule has 22 nitrogen and oxygen atoms in total. The molecule has 0 saturated carbocycles. The Labute approximate surface area is 517 Å². The number of nitrogens with zero attached hydrogens (tertiary/aromatic N) is 10. The van der Waals surface area contributed by atoms with Crippen molar-refractivity contribution in [2.45, 2.75) is 99.3 Å². The molecule has 0 unspecified atom stereocenters. The molecule has 0 bridgehead atoms. The van der Waals surface area contributed by atoms with E-state index in [2.05, 4.69) is 59.4 Å². The van der Waals surface area contributed by atoms with Gasteiger partial charge < -0.3 is 53.4 Å². The van der Waals surface area contributed by atoms with Crippen LogP contribution in [0.1, 0.15) is 98.0 Å². The van der Waals surface area contributed by atoms with E-state index < -0.39 is 5.97 Å². The molecule has 2 atom stereocenters. The lowest BCUT2D eigenvalue weighted by Gasteiger charge is -2.34. The maximum Gasteiger partial charge on any atom is 0.410 e. The number of hydrogen-bond donors (Lipinski definition) is 4. The third-order valence-corrected chi connectivity index (χ3v) is 16.4. The fourth-order valence-electron chi connectivity index (χ4n) is 12.2. The summed E-state index contributed by atoms with van der Waals surface area (Å²) in [6.07, 6.45) is 6.72. The molecule has 10 heterocycles. The van der Waals surface area contributed by atoms with Gasteiger partial charge in [-0.1, -0.05) is 46.7 Å². The van der Waals surface area contributed by atoms with Gasteiger partial charge in [-0.15, -0.1) is 0 Å². The average molecular weight is 1210 g/mol. The Hall–Kier alpha value is -10.4. The average Bonchev–Trinajstić information content (AvgIpc) is 1.56. The van der Waals surface area contributed by atoms with Gasteiger partial charge in [0.25, 0.3) is 5.91 Å². The van der Waals surface area contributed by atoms with Crippen LogP contribution >= 0.6 is 0 Å². The number of likely N-dealkylation sites (tertiary alicyclic amines) is 1. The first kappa shape index (κ1) is 60.0. The molecule has 14 rings (SSSR count). The molecule has 0 radical (unpaired) electrons. The Morgan fingerprint density at radius 2 is 1.14 bits per heavy atom. The third kappa shape index (κ3) is 11.4. The van der Waals surface area contributed by atoms with Crippen LogP contribution in [0, 0.1) is 27.7 Å². The number of aromatic carboxylic acids is 1. The number of ether oxygens (including phenoxy) is 3. The molecule has 8 aromatic heterocycles. The van der Waals surface area contributed by atoms with Crippen molar-refractivity contribution in [3.8, 4) is 56.3 Å². The van der Waals surface area contributed by atoms with Crippen LogP contribution in [0.5, 0.6) is 11.5 Å². The van der Waals surface area contributed by atoms with Crippen LogP contribution in [0.4, 0.5) is 4.79 Å². The number of aromatic nitrogens is 10. The molecule has 4 N–H and O–H groups in total. The molecule has 22 heteroatoms. The van der Waals surface area contributed by atoms with Crippen LogP contribution in [0.25, 0.3) is 110 Å². The number of piperidine rings is 1. The number of fused-ring (bicyclic) bond motifs is 8. The van der Waals surface area contributed by atoms with Crippen molar-refractivity contribution in [3.05, 3.63) is 132 Å². The number of aryl methyl sites for hydroxylation is 4. The van der Waals surface area contributed by atoms with Crippen molar-refractivity contribution in [1.82, 2.24) is 65.3 Å². The predicted octanol–water partition coefficient (Wildman–Crippen LogP) is 13.1. The highest BCUT2D eigenvalue weighted by Gasteiger charge is 2.30. The number of benzene rings is 4. The summed E-state index contributed by atoms with van der Waals surface area (Å²) in [4.78, 5) is 75.3. The number of H-pyrrole nitrogens is 2. The maximum absolute atomic E-state index is 13.7. The largest absolute Gasteiger partial charge is 0.496 e. The summed E-state index contributed by atoms with van der Waals surface area (Å²) in [5.74, 6) is 1.15. The number of pyridine rings is 2. The van der Waals surface area contributed by atoms with Gasteiger partial charge in [0.2, 0.25) is 11.6 Å². The first-order valence-corrected chi connectivity index (χ1v) is 29.9. The summed E-state index contributed by atoms with van der Waals surface area (Å²) in [5, 5.41) is 26.3. The summed E-state index contributed by atoms with van der Waals surface area (Å²) < 4.78 is 27.8. The van der Waals surface area contributed by atoms with Gasteiger partial charge in [-0.25, -0.2) is 29.5 Å². The van der Waals surface area contributed by atoms with E-state index in [1.165, 1.54) is 6.42 Å². The van der Waals surface area contributed by atoms with Crippen LogP contribution in [0.2, 0.25) is 0 Å². The lowest BCUT2D eigenvalue weighted by Crippen LogP contribution is -2.51. The highest BCUT2D eigenvalue weighted by Crippen LogP contribution is 2.44. The Balaban J connectivity index is 0.000000145. The van der Waals surface area contributed by atoms with Gasteiger partial charge in [-0.05, 0) is 130 Å².